The van der Waals surface area contributed by atoms with Gasteiger partial charge in [-0.1, -0.05) is 41.2 Å². The largest absolute Gasteiger partial charge is 0.338 e. The molecule has 30 heavy (non-hydrogen) atoms. The fraction of sp³-hybridized carbons (Fsp3) is 0.273. The Morgan fingerprint density at radius 1 is 1.17 bits per heavy atom. The number of rotatable bonds is 5. The van der Waals surface area contributed by atoms with Crippen LogP contribution in [0.4, 0.5) is 10.8 Å². The molecule has 1 aliphatic heterocycles. The van der Waals surface area contributed by atoms with Gasteiger partial charge in [0.2, 0.25) is 17.7 Å². The number of thiazole rings is 1. The lowest BCUT2D eigenvalue weighted by Crippen LogP contribution is -2.28. The minimum Gasteiger partial charge on any atom is -0.338 e. The van der Waals surface area contributed by atoms with E-state index in [-0.39, 0.29) is 24.1 Å². The van der Waals surface area contributed by atoms with E-state index >= 15 is 0 Å². The number of carbonyl (C=O) groups excluding carboxylic acids is 3. The molecule has 4 rings (SSSR count). The molecule has 154 valence electrons. The molecule has 1 aromatic heterocycles. The Labute approximate surface area is 178 Å². The maximum atomic E-state index is 12.7. The number of hydrogen-bond acceptors (Lipinski definition) is 5. The number of carbonyl (C=O) groups is 3. The van der Waals surface area contributed by atoms with Gasteiger partial charge in [0.25, 0.3) is 0 Å². The van der Waals surface area contributed by atoms with Crippen molar-refractivity contribution < 1.29 is 14.4 Å². The predicted octanol–water partition coefficient (Wildman–Crippen LogP) is 3.55. The van der Waals surface area contributed by atoms with E-state index in [1.165, 1.54) is 23.8 Å². The minimum absolute atomic E-state index is 0.0139. The maximum Gasteiger partial charge on any atom is 0.231 e. The summed E-state index contributed by atoms with van der Waals surface area (Å²) in [5.41, 5.74) is 3.65. The predicted molar refractivity (Wildman–Crippen MR) is 117 cm³/mol. The number of benzene rings is 2. The van der Waals surface area contributed by atoms with Crippen LogP contribution in [0.5, 0.6) is 0 Å². The van der Waals surface area contributed by atoms with Gasteiger partial charge < -0.3 is 15.5 Å². The third kappa shape index (κ3) is 4.49. The lowest BCUT2D eigenvalue weighted by Gasteiger charge is -2.16. The smallest absolute Gasteiger partial charge is 0.231 e. The molecule has 0 spiro atoms. The molecule has 8 heteroatoms. The van der Waals surface area contributed by atoms with Crippen LogP contribution >= 0.6 is 11.3 Å². The van der Waals surface area contributed by atoms with Gasteiger partial charge in [0, 0.05) is 32.1 Å². The van der Waals surface area contributed by atoms with Crippen LogP contribution in [0.15, 0.2) is 42.5 Å². The average Bonchev–Trinajstić information content (AvgIpc) is 3.25. The van der Waals surface area contributed by atoms with Crippen LogP contribution in [0, 0.1) is 12.8 Å². The second-order valence-electron chi connectivity index (χ2n) is 7.53. The third-order valence-corrected chi connectivity index (χ3v) is 5.95. The quantitative estimate of drug-likeness (QED) is 0.658. The highest BCUT2D eigenvalue weighted by atomic mass is 32.1. The molecular formula is C22H22N4O3S. The zero-order valence-electron chi connectivity index (χ0n) is 16.8. The second-order valence-corrected chi connectivity index (χ2v) is 8.56. The Kier molecular flexibility index (Phi) is 5.50. The molecule has 1 saturated heterocycles. The summed E-state index contributed by atoms with van der Waals surface area (Å²) in [6.45, 7) is 4.38. The molecule has 2 aromatic carbocycles. The summed E-state index contributed by atoms with van der Waals surface area (Å²) in [6, 6.07) is 13.4. The highest BCUT2D eigenvalue weighted by molar-refractivity contribution is 7.22. The topological polar surface area (TPSA) is 91.4 Å². The number of likely N-dealkylation sites (tertiary alicyclic amines) is 1. The molecule has 7 nitrogen and oxygen atoms in total. The van der Waals surface area contributed by atoms with Crippen LogP contribution in [0.2, 0.25) is 0 Å². The van der Waals surface area contributed by atoms with Crippen molar-refractivity contribution in [2.75, 3.05) is 17.2 Å². The van der Waals surface area contributed by atoms with Crippen molar-refractivity contribution in [2.45, 2.75) is 26.8 Å². The molecule has 1 fully saturated rings. The monoisotopic (exact) mass is 422 g/mol. The van der Waals surface area contributed by atoms with Crippen LogP contribution in [-0.4, -0.2) is 34.2 Å². The second kappa shape index (κ2) is 8.23. The van der Waals surface area contributed by atoms with E-state index in [2.05, 4.69) is 15.6 Å². The summed E-state index contributed by atoms with van der Waals surface area (Å²) in [4.78, 5) is 42.5. The third-order valence-electron chi connectivity index (χ3n) is 5.02. The van der Waals surface area contributed by atoms with Gasteiger partial charge in [-0.15, -0.1) is 0 Å². The number of aryl methyl sites for hydroxylation is 1. The first kappa shape index (κ1) is 20.0. The summed E-state index contributed by atoms with van der Waals surface area (Å²) in [7, 11) is 0. The highest BCUT2D eigenvalue weighted by Crippen LogP contribution is 2.29. The molecule has 1 aliphatic rings. The number of fused-ring (bicyclic) bond motifs is 1. The summed E-state index contributed by atoms with van der Waals surface area (Å²) >= 11 is 1.34. The Morgan fingerprint density at radius 3 is 2.67 bits per heavy atom. The Balaban J connectivity index is 1.40. The van der Waals surface area contributed by atoms with Crippen molar-refractivity contribution in [1.82, 2.24) is 9.88 Å². The van der Waals surface area contributed by atoms with Gasteiger partial charge in [-0.2, -0.15) is 0 Å². The fourth-order valence-electron chi connectivity index (χ4n) is 3.48. The van der Waals surface area contributed by atoms with E-state index in [0.717, 1.165) is 15.8 Å². The van der Waals surface area contributed by atoms with Crippen LogP contribution < -0.4 is 10.6 Å². The van der Waals surface area contributed by atoms with E-state index < -0.39 is 5.92 Å². The van der Waals surface area contributed by atoms with Crippen LogP contribution in [0.3, 0.4) is 0 Å². The van der Waals surface area contributed by atoms with Crippen LogP contribution in [0.25, 0.3) is 10.2 Å². The first-order valence-electron chi connectivity index (χ1n) is 9.70. The van der Waals surface area contributed by atoms with Crippen LogP contribution in [-0.2, 0) is 20.9 Å². The molecule has 2 N–H and O–H groups in total. The highest BCUT2D eigenvalue weighted by Gasteiger charge is 2.34. The minimum atomic E-state index is -0.398. The fourth-order valence-corrected chi connectivity index (χ4v) is 4.39. The van der Waals surface area contributed by atoms with Crippen molar-refractivity contribution in [3.05, 3.63) is 53.6 Å². The van der Waals surface area contributed by atoms with Gasteiger partial charge in [0.15, 0.2) is 5.13 Å². The molecule has 2 heterocycles. The van der Waals surface area contributed by atoms with Gasteiger partial charge in [-0.25, -0.2) is 4.98 Å². The normalized spacial score (nSPS) is 16.1. The lowest BCUT2D eigenvalue weighted by atomic mass is 10.1. The van der Waals surface area contributed by atoms with Crippen LogP contribution in [0.1, 0.15) is 24.5 Å². The maximum absolute atomic E-state index is 12.7. The SMILES string of the molecule is CC(=O)Nc1ccc2nc(NC(=O)C3CC(=O)N(Cc4ccc(C)cc4)C3)sc2c1. The first-order valence-corrected chi connectivity index (χ1v) is 10.5. The Bertz CT molecular complexity index is 1120. The standard InChI is InChI=1S/C22H22N4O3S/c1-13-3-5-15(6-4-13)11-26-12-16(9-20(26)28)21(29)25-22-24-18-8-7-17(23-14(2)27)10-19(18)30-22/h3-8,10,16H,9,11-12H2,1-2H3,(H,23,27)(H,24,25,29). The van der Waals surface area contributed by atoms with Crippen molar-refractivity contribution in [1.29, 1.82) is 0 Å². The Morgan fingerprint density at radius 2 is 1.93 bits per heavy atom. The van der Waals surface area contributed by atoms with E-state index in [1.807, 2.05) is 37.3 Å². The molecule has 0 bridgehead atoms. The first-order chi connectivity index (χ1) is 14.4. The van der Waals surface area contributed by atoms with E-state index in [1.54, 1.807) is 17.0 Å². The van der Waals surface area contributed by atoms with Crippen molar-refractivity contribution >= 4 is 50.1 Å². The summed E-state index contributed by atoms with van der Waals surface area (Å²) in [5.74, 6) is -0.755. The number of aromatic nitrogens is 1. The van der Waals surface area contributed by atoms with Gasteiger partial charge in [-0.05, 0) is 30.7 Å². The molecule has 0 aliphatic carbocycles. The van der Waals surface area contributed by atoms with E-state index in [4.69, 9.17) is 0 Å². The number of hydrogen-bond donors (Lipinski definition) is 2. The number of anilines is 2. The zero-order valence-corrected chi connectivity index (χ0v) is 17.6. The van der Waals surface area contributed by atoms with E-state index in [9.17, 15) is 14.4 Å². The summed E-state index contributed by atoms with van der Waals surface area (Å²) < 4.78 is 0.861. The molecule has 1 unspecified atom stereocenters. The number of nitrogens with one attached hydrogen (secondary N) is 2. The summed E-state index contributed by atoms with van der Waals surface area (Å²) in [5, 5.41) is 6.07. The average molecular weight is 423 g/mol. The van der Waals surface area contributed by atoms with Crippen molar-refractivity contribution in [3.8, 4) is 0 Å². The van der Waals surface area contributed by atoms with Crippen molar-refractivity contribution in [3.63, 3.8) is 0 Å². The van der Waals surface area contributed by atoms with Gasteiger partial charge in [0.1, 0.15) is 0 Å². The Hall–Kier alpha value is -3.26. The molecule has 1 atom stereocenters. The van der Waals surface area contributed by atoms with Gasteiger partial charge in [-0.3, -0.25) is 14.4 Å². The van der Waals surface area contributed by atoms with E-state index in [0.29, 0.717) is 23.9 Å². The number of nitrogens with zero attached hydrogens (tertiary/aromatic N) is 2. The summed E-state index contributed by atoms with van der Waals surface area (Å²) in [6.07, 6.45) is 0.204. The zero-order chi connectivity index (χ0) is 21.3. The number of amides is 3. The molecule has 3 amide bonds. The molecule has 0 radical (unpaired) electrons. The lowest BCUT2D eigenvalue weighted by molar-refractivity contribution is -0.128. The van der Waals surface area contributed by atoms with Gasteiger partial charge >= 0.3 is 0 Å². The molecular weight excluding hydrogens is 400 g/mol. The van der Waals surface area contributed by atoms with Crippen molar-refractivity contribution in [2.24, 2.45) is 5.92 Å². The van der Waals surface area contributed by atoms with Gasteiger partial charge in [0.05, 0.1) is 16.1 Å². The molecule has 3 aromatic rings. The molecule has 0 saturated carbocycles.